The van der Waals surface area contributed by atoms with Crippen LogP contribution >= 0.6 is 0 Å². The van der Waals surface area contributed by atoms with Crippen molar-refractivity contribution < 1.29 is 24.2 Å². The van der Waals surface area contributed by atoms with Gasteiger partial charge in [-0.15, -0.1) is 0 Å². The SMILES string of the molecule is CCC(C)CCCCCCCCCCCCCCCCC(=O)OC[C@H](O)COC(=O)CCCCCCCCCCCCC(C)C. The Kier molecular flexibility index (Phi) is 33.4. The highest BCUT2D eigenvalue weighted by Gasteiger charge is 2.12. The summed E-state index contributed by atoms with van der Waals surface area (Å²) in [6, 6.07) is 0. The molecule has 0 aliphatic heterocycles. The van der Waals surface area contributed by atoms with E-state index < -0.39 is 6.10 Å². The zero-order valence-corrected chi connectivity index (χ0v) is 30.7. The molecule has 0 rings (SSSR count). The number of unbranched alkanes of at least 4 members (excludes halogenated alkanes) is 22. The number of aliphatic hydroxyl groups is 1. The van der Waals surface area contributed by atoms with E-state index >= 15 is 0 Å². The number of esters is 2. The molecule has 0 aromatic heterocycles. The Hall–Kier alpha value is -1.10. The Balaban J connectivity index is 3.39. The summed E-state index contributed by atoms with van der Waals surface area (Å²) in [7, 11) is 0. The smallest absolute Gasteiger partial charge is 0.305 e. The van der Waals surface area contributed by atoms with Crippen LogP contribution in [0.4, 0.5) is 0 Å². The van der Waals surface area contributed by atoms with Crippen LogP contribution < -0.4 is 0 Å². The highest BCUT2D eigenvalue weighted by Crippen LogP contribution is 2.17. The first-order chi connectivity index (χ1) is 21.8. The van der Waals surface area contributed by atoms with Crippen molar-refractivity contribution in [1.29, 1.82) is 0 Å². The van der Waals surface area contributed by atoms with Crippen molar-refractivity contribution in [2.24, 2.45) is 11.8 Å². The van der Waals surface area contributed by atoms with E-state index in [0.717, 1.165) is 43.9 Å². The third-order valence-electron chi connectivity index (χ3n) is 9.31. The van der Waals surface area contributed by atoms with E-state index in [4.69, 9.17) is 9.47 Å². The molecule has 0 saturated heterocycles. The van der Waals surface area contributed by atoms with E-state index in [-0.39, 0.29) is 25.2 Å². The maximum absolute atomic E-state index is 12.0. The van der Waals surface area contributed by atoms with Gasteiger partial charge in [0.05, 0.1) is 0 Å². The van der Waals surface area contributed by atoms with E-state index in [0.29, 0.717) is 12.8 Å². The van der Waals surface area contributed by atoms with Crippen molar-refractivity contribution in [2.75, 3.05) is 13.2 Å². The Bertz CT molecular complexity index is 634. The molecule has 5 nitrogen and oxygen atoms in total. The monoisotopic (exact) mass is 639 g/mol. The van der Waals surface area contributed by atoms with Crippen molar-refractivity contribution in [3.63, 3.8) is 0 Å². The summed E-state index contributed by atoms with van der Waals surface area (Å²) in [5.41, 5.74) is 0. The van der Waals surface area contributed by atoms with E-state index in [1.165, 1.54) is 141 Å². The normalized spacial score (nSPS) is 12.8. The minimum atomic E-state index is -0.956. The van der Waals surface area contributed by atoms with Gasteiger partial charge in [0.1, 0.15) is 19.3 Å². The number of hydrogen-bond acceptors (Lipinski definition) is 5. The molecule has 0 saturated carbocycles. The molecule has 0 aromatic rings. The molecule has 0 bridgehead atoms. The summed E-state index contributed by atoms with van der Waals surface area (Å²) in [5.74, 6) is 1.18. The van der Waals surface area contributed by atoms with Crippen molar-refractivity contribution >= 4 is 11.9 Å². The van der Waals surface area contributed by atoms with Crippen LogP contribution in [0.25, 0.3) is 0 Å². The second-order valence-electron chi connectivity index (χ2n) is 14.5. The fourth-order valence-electron chi connectivity index (χ4n) is 5.89. The molecule has 0 heterocycles. The summed E-state index contributed by atoms with van der Waals surface area (Å²) < 4.78 is 10.3. The molecule has 5 heteroatoms. The fraction of sp³-hybridized carbons (Fsp3) is 0.950. The number of carbonyl (C=O) groups excluding carboxylic acids is 2. The Morgan fingerprint density at radius 3 is 1.07 bits per heavy atom. The lowest BCUT2D eigenvalue weighted by Gasteiger charge is -2.12. The average molecular weight is 639 g/mol. The highest BCUT2D eigenvalue weighted by atomic mass is 16.6. The van der Waals surface area contributed by atoms with Gasteiger partial charge in [-0.1, -0.05) is 188 Å². The van der Waals surface area contributed by atoms with Gasteiger partial charge in [-0.2, -0.15) is 0 Å². The van der Waals surface area contributed by atoms with E-state index in [1.807, 2.05) is 0 Å². The first-order valence-electron chi connectivity index (χ1n) is 19.8. The average Bonchev–Trinajstić information content (AvgIpc) is 3.02. The first-order valence-corrected chi connectivity index (χ1v) is 19.8. The zero-order chi connectivity index (χ0) is 33.2. The van der Waals surface area contributed by atoms with E-state index in [1.54, 1.807) is 0 Å². The molecular formula is C40H78O5. The molecule has 0 aromatic carbocycles. The van der Waals surface area contributed by atoms with Gasteiger partial charge in [0, 0.05) is 12.8 Å². The standard InChI is InChI=1S/C40H78O5/c1-5-37(4)31-27-23-19-15-10-8-6-7-9-11-16-20-24-28-32-39(42)44-34-38(41)35-45-40(43)33-29-25-21-17-13-12-14-18-22-26-30-36(2)3/h36-38,41H,5-35H2,1-4H3/t37?,38-/m0/s1. The molecule has 0 radical (unpaired) electrons. The van der Waals surface area contributed by atoms with Crippen LogP contribution in [-0.2, 0) is 19.1 Å². The van der Waals surface area contributed by atoms with Crippen LogP contribution in [-0.4, -0.2) is 36.4 Å². The molecule has 0 aliphatic rings. The maximum Gasteiger partial charge on any atom is 0.305 e. The maximum atomic E-state index is 12.0. The largest absolute Gasteiger partial charge is 0.463 e. The quantitative estimate of drug-likeness (QED) is 0.0552. The summed E-state index contributed by atoms with van der Waals surface area (Å²) in [5, 5.41) is 10.0. The van der Waals surface area contributed by atoms with Gasteiger partial charge in [-0.3, -0.25) is 9.59 Å². The van der Waals surface area contributed by atoms with Crippen LogP contribution in [0.1, 0.15) is 214 Å². The number of aliphatic hydroxyl groups excluding tert-OH is 1. The predicted molar refractivity (Wildman–Crippen MR) is 191 cm³/mol. The molecule has 0 fully saturated rings. The van der Waals surface area contributed by atoms with Gasteiger partial charge >= 0.3 is 11.9 Å². The number of rotatable bonds is 35. The van der Waals surface area contributed by atoms with Gasteiger partial charge in [0.2, 0.25) is 0 Å². The van der Waals surface area contributed by atoms with Gasteiger partial charge < -0.3 is 14.6 Å². The van der Waals surface area contributed by atoms with Crippen molar-refractivity contribution in [1.82, 2.24) is 0 Å². The van der Waals surface area contributed by atoms with Crippen LogP contribution in [0.5, 0.6) is 0 Å². The van der Waals surface area contributed by atoms with Crippen molar-refractivity contribution in [2.45, 2.75) is 220 Å². The molecule has 0 amide bonds. The van der Waals surface area contributed by atoms with Gasteiger partial charge in [0.25, 0.3) is 0 Å². The minimum absolute atomic E-state index is 0.109. The summed E-state index contributed by atoms with van der Waals surface area (Å²) in [6.07, 6.45) is 34.4. The number of carbonyl (C=O) groups is 2. The lowest BCUT2D eigenvalue weighted by Crippen LogP contribution is -2.25. The molecule has 1 N–H and O–H groups in total. The molecule has 0 spiro atoms. The van der Waals surface area contributed by atoms with E-state index in [2.05, 4.69) is 27.7 Å². The molecule has 268 valence electrons. The molecule has 1 unspecified atom stereocenters. The number of ether oxygens (including phenoxy) is 2. The third kappa shape index (κ3) is 35.6. The fourth-order valence-corrected chi connectivity index (χ4v) is 5.89. The molecule has 45 heavy (non-hydrogen) atoms. The molecule has 0 aliphatic carbocycles. The van der Waals surface area contributed by atoms with E-state index in [9.17, 15) is 14.7 Å². The van der Waals surface area contributed by atoms with Gasteiger partial charge in [-0.25, -0.2) is 0 Å². The minimum Gasteiger partial charge on any atom is -0.463 e. The highest BCUT2D eigenvalue weighted by molar-refractivity contribution is 5.69. The van der Waals surface area contributed by atoms with Crippen LogP contribution in [0.2, 0.25) is 0 Å². The van der Waals surface area contributed by atoms with Gasteiger partial charge in [0.15, 0.2) is 0 Å². The van der Waals surface area contributed by atoms with Crippen molar-refractivity contribution in [3.8, 4) is 0 Å². The second-order valence-corrected chi connectivity index (χ2v) is 14.5. The molecular weight excluding hydrogens is 560 g/mol. The van der Waals surface area contributed by atoms with Crippen molar-refractivity contribution in [3.05, 3.63) is 0 Å². The summed E-state index contributed by atoms with van der Waals surface area (Å²) >= 11 is 0. The van der Waals surface area contributed by atoms with Gasteiger partial charge in [-0.05, 0) is 24.7 Å². The zero-order valence-electron chi connectivity index (χ0n) is 30.7. The third-order valence-corrected chi connectivity index (χ3v) is 9.31. The topological polar surface area (TPSA) is 72.8 Å². The Labute approximate surface area is 280 Å². The Morgan fingerprint density at radius 1 is 0.467 bits per heavy atom. The lowest BCUT2D eigenvalue weighted by molar-refractivity contribution is -0.152. The second kappa shape index (κ2) is 34.2. The predicted octanol–water partition coefficient (Wildman–Crippen LogP) is 12.1. The Morgan fingerprint density at radius 2 is 0.756 bits per heavy atom. The van der Waals surface area contributed by atoms with Crippen LogP contribution in [0, 0.1) is 11.8 Å². The van der Waals surface area contributed by atoms with Crippen LogP contribution in [0.3, 0.4) is 0 Å². The number of hydrogen-bond donors (Lipinski definition) is 1. The van der Waals surface area contributed by atoms with Crippen LogP contribution in [0.15, 0.2) is 0 Å². The summed E-state index contributed by atoms with van der Waals surface area (Å²) in [6.45, 7) is 9.04. The lowest BCUT2D eigenvalue weighted by atomic mass is 9.99. The first kappa shape index (κ1) is 43.9. The summed E-state index contributed by atoms with van der Waals surface area (Å²) in [4.78, 5) is 23.9. The molecule has 2 atom stereocenters.